The Labute approximate surface area is 86.1 Å². The summed E-state index contributed by atoms with van der Waals surface area (Å²) in [5, 5.41) is 0. The number of aldehydes is 1. The molecule has 14 heavy (non-hydrogen) atoms. The second-order valence-electron chi connectivity index (χ2n) is 4.68. The van der Waals surface area contributed by atoms with Crippen LogP contribution in [-0.4, -0.2) is 6.29 Å². The Morgan fingerprint density at radius 2 is 1.86 bits per heavy atom. The van der Waals surface area contributed by atoms with Crippen LogP contribution < -0.4 is 0 Å². The van der Waals surface area contributed by atoms with E-state index in [1.54, 1.807) is 0 Å². The zero-order chi connectivity index (χ0) is 10.8. The molecule has 0 aliphatic carbocycles. The predicted octanol–water partition coefficient (Wildman–Crippen LogP) is 3.36. The normalized spacial score (nSPS) is 11.4. The van der Waals surface area contributed by atoms with Crippen molar-refractivity contribution in [3.63, 3.8) is 0 Å². The summed E-state index contributed by atoms with van der Waals surface area (Å²) in [6.45, 7) is 8.60. The van der Waals surface area contributed by atoms with Crippen molar-refractivity contribution in [3.05, 3.63) is 34.9 Å². The molecule has 0 saturated heterocycles. The molecule has 0 N–H and O–H groups in total. The number of aryl methyl sites for hydroxylation is 1. The molecule has 0 bridgehead atoms. The Balaban J connectivity index is 3.24. The van der Waals surface area contributed by atoms with E-state index in [2.05, 4.69) is 33.8 Å². The molecule has 1 rings (SSSR count). The zero-order valence-corrected chi connectivity index (χ0v) is 9.42. The predicted molar refractivity (Wildman–Crippen MR) is 59.9 cm³/mol. The third kappa shape index (κ3) is 2.44. The summed E-state index contributed by atoms with van der Waals surface area (Å²) in [5.74, 6) is 0. The van der Waals surface area contributed by atoms with Gasteiger partial charge in [0.1, 0.15) is 6.29 Å². The first-order chi connectivity index (χ1) is 6.47. The molecule has 1 aromatic rings. The van der Waals surface area contributed by atoms with Crippen LogP contribution in [0.4, 0.5) is 0 Å². The van der Waals surface area contributed by atoms with Gasteiger partial charge in [-0.25, -0.2) is 0 Å². The minimum atomic E-state index is 0.114. The third-order valence-electron chi connectivity index (χ3n) is 2.43. The van der Waals surface area contributed by atoms with Crippen LogP contribution in [0.5, 0.6) is 0 Å². The highest BCUT2D eigenvalue weighted by Gasteiger charge is 2.14. The smallest absolute Gasteiger partial charge is 0.150 e. The average Bonchev–Trinajstić information content (AvgIpc) is 2.15. The maximum absolute atomic E-state index is 10.8. The van der Waals surface area contributed by atoms with Crippen molar-refractivity contribution in [1.82, 2.24) is 0 Å². The first kappa shape index (κ1) is 11.0. The Hall–Kier alpha value is -1.11. The monoisotopic (exact) mass is 190 g/mol. The van der Waals surface area contributed by atoms with Crippen molar-refractivity contribution in [3.8, 4) is 0 Å². The Morgan fingerprint density at radius 3 is 2.29 bits per heavy atom. The lowest BCUT2D eigenvalue weighted by molar-refractivity contribution is 0.112. The largest absolute Gasteiger partial charge is 0.298 e. The highest BCUT2D eigenvalue weighted by atomic mass is 16.1. The van der Waals surface area contributed by atoms with Crippen LogP contribution in [0, 0.1) is 0 Å². The van der Waals surface area contributed by atoms with Gasteiger partial charge >= 0.3 is 0 Å². The van der Waals surface area contributed by atoms with Gasteiger partial charge in [-0.05, 0) is 35.1 Å². The quantitative estimate of drug-likeness (QED) is 0.653. The van der Waals surface area contributed by atoms with Gasteiger partial charge in [0.15, 0.2) is 0 Å². The molecule has 0 atom stereocenters. The molecule has 0 saturated carbocycles. The fourth-order valence-electron chi connectivity index (χ4n) is 1.42. The van der Waals surface area contributed by atoms with Gasteiger partial charge in [0.2, 0.25) is 0 Å². The van der Waals surface area contributed by atoms with E-state index in [0.29, 0.717) is 0 Å². The van der Waals surface area contributed by atoms with Crippen LogP contribution in [0.15, 0.2) is 18.2 Å². The third-order valence-corrected chi connectivity index (χ3v) is 2.43. The SMILES string of the molecule is CCc1cc(C=O)cc(C(C)(C)C)c1. The van der Waals surface area contributed by atoms with Crippen molar-refractivity contribution in [2.45, 2.75) is 39.5 Å². The topological polar surface area (TPSA) is 17.1 Å². The summed E-state index contributed by atoms with van der Waals surface area (Å²) in [7, 11) is 0. The van der Waals surface area contributed by atoms with Gasteiger partial charge in [0.05, 0.1) is 0 Å². The lowest BCUT2D eigenvalue weighted by Crippen LogP contribution is -2.12. The number of carbonyl (C=O) groups excluding carboxylic acids is 1. The fraction of sp³-hybridized carbons (Fsp3) is 0.462. The van der Waals surface area contributed by atoms with Crippen LogP contribution in [0.2, 0.25) is 0 Å². The molecule has 0 aromatic heterocycles. The number of rotatable bonds is 2. The summed E-state index contributed by atoms with van der Waals surface area (Å²) < 4.78 is 0. The van der Waals surface area contributed by atoms with E-state index in [0.717, 1.165) is 18.3 Å². The van der Waals surface area contributed by atoms with Crippen LogP contribution >= 0.6 is 0 Å². The van der Waals surface area contributed by atoms with E-state index in [1.807, 2.05) is 12.1 Å². The molecular formula is C13H18O. The van der Waals surface area contributed by atoms with Crippen LogP contribution in [0.3, 0.4) is 0 Å². The van der Waals surface area contributed by atoms with E-state index in [4.69, 9.17) is 0 Å². The van der Waals surface area contributed by atoms with Crippen LogP contribution in [-0.2, 0) is 11.8 Å². The minimum absolute atomic E-state index is 0.114. The van der Waals surface area contributed by atoms with Gasteiger partial charge in [-0.2, -0.15) is 0 Å². The second kappa shape index (κ2) is 3.95. The highest BCUT2D eigenvalue weighted by Crippen LogP contribution is 2.24. The van der Waals surface area contributed by atoms with Crippen molar-refractivity contribution in [2.75, 3.05) is 0 Å². The molecule has 1 aromatic carbocycles. The lowest BCUT2D eigenvalue weighted by Gasteiger charge is -2.20. The van der Waals surface area contributed by atoms with Gasteiger partial charge in [0, 0.05) is 5.56 Å². The van der Waals surface area contributed by atoms with E-state index in [1.165, 1.54) is 11.1 Å². The molecule has 76 valence electrons. The van der Waals surface area contributed by atoms with E-state index in [9.17, 15) is 4.79 Å². The van der Waals surface area contributed by atoms with Gasteiger partial charge in [-0.1, -0.05) is 33.8 Å². The molecule has 0 aliphatic rings. The fourth-order valence-corrected chi connectivity index (χ4v) is 1.42. The molecule has 0 radical (unpaired) electrons. The van der Waals surface area contributed by atoms with Gasteiger partial charge in [-0.3, -0.25) is 4.79 Å². The Kier molecular flexibility index (Phi) is 3.10. The standard InChI is InChI=1S/C13H18O/c1-5-10-6-11(9-14)8-12(7-10)13(2,3)4/h6-9H,5H2,1-4H3. The van der Waals surface area contributed by atoms with E-state index >= 15 is 0 Å². The molecule has 0 aliphatic heterocycles. The van der Waals surface area contributed by atoms with Gasteiger partial charge < -0.3 is 0 Å². The summed E-state index contributed by atoms with van der Waals surface area (Å²) in [4.78, 5) is 10.8. The molecule has 1 heteroatoms. The minimum Gasteiger partial charge on any atom is -0.298 e. The van der Waals surface area contributed by atoms with Crippen molar-refractivity contribution < 1.29 is 4.79 Å². The molecule has 0 unspecified atom stereocenters. The van der Waals surface area contributed by atoms with E-state index < -0.39 is 0 Å². The second-order valence-corrected chi connectivity index (χ2v) is 4.68. The van der Waals surface area contributed by atoms with Crippen molar-refractivity contribution in [2.24, 2.45) is 0 Å². The molecular weight excluding hydrogens is 172 g/mol. The molecule has 0 spiro atoms. The van der Waals surface area contributed by atoms with Crippen LogP contribution in [0.25, 0.3) is 0 Å². The molecule has 1 nitrogen and oxygen atoms in total. The maximum Gasteiger partial charge on any atom is 0.150 e. The number of benzene rings is 1. The molecule has 0 amide bonds. The summed E-state index contributed by atoms with van der Waals surface area (Å²) >= 11 is 0. The highest BCUT2D eigenvalue weighted by molar-refractivity contribution is 5.75. The van der Waals surface area contributed by atoms with E-state index in [-0.39, 0.29) is 5.41 Å². The van der Waals surface area contributed by atoms with Crippen molar-refractivity contribution in [1.29, 1.82) is 0 Å². The van der Waals surface area contributed by atoms with Gasteiger partial charge in [-0.15, -0.1) is 0 Å². The maximum atomic E-state index is 10.8. The molecule has 0 fully saturated rings. The van der Waals surface area contributed by atoms with Crippen molar-refractivity contribution >= 4 is 6.29 Å². The number of hydrogen-bond acceptors (Lipinski definition) is 1. The first-order valence-electron chi connectivity index (χ1n) is 5.07. The average molecular weight is 190 g/mol. The summed E-state index contributed by atoms with van der Waals surface area (Å²) in [5.41, 5.74) is 3.37. The number of hydrogen-bond donors (Lipinski definition) is 0. The zero-order valence-electron chi connectivity index (χ0n) is 9.42. The summed E-state index contributed by atoms with van der Waals surface area (Å²) in [6, 6.07) is 6.13. The lowest BCUT2D eigenvalue weighted by atomic mass is 9.85. The first-order valence-corrected chi connectivity index (χ1v) is 5.07. The Morgan fingerprint density at radius 1 is 1.21 bits per heavy atom. The Bertz CT molecular complexity index is 332. The number of carbonyl (C=O) groups is 1. The van der Waals surface area contributed by atoms with Gasteiger partial charge in [0.25, 0.3) is 0 Å². The molecule has 0 heterocycles. The summed E-state index contributed by atoms with van der Waals surface area (Å²) in [6.07, 6.45) is 1.90. The van der Waals surface area contributed by atoms with Crippen LogP contribution in [0.1, 0.15) is 49.2 Å².